The molecule has 0 fully saturated rings. The zero-order chi connectivity index (χ0) is 7.56. The Hall–Kier alpha value is -0.190. The van der Waals surface area contributed by atoms with Crippen molar-refractivity contribution in [3.05, 3.63) is 27.6 Å². The van der Waals surface area contributed by atoms with Crippen LogP contribution in [0.4, 0.5) is 0 Å². The molecule has 0 aliphatic rings. The van der Waals surface area contributed by atoms with Gasteiger partial charge in [-0.25, -0.2) is 4.98 Å². The van der Waals surface area contributed by atoms with Crippen LogP contribution < -0.4 is 0 Å². The molecule has 0 spiro atoms. The van der Waals surface area contributed by atoms with Gasteiger partial charge in [0.15, 0.2) is 0 Å². The van der Waals surface area contributed by atoms with Gasteiger partial charge < -0.3 is 5.11 Å². The summed E-state index contributed by atoms with van der Waals surface area (Å²) >= 11 is 4.64. The third kappa shape index (κ3) is 1.65. The fourth-order valence-corrected chi connectivity index (χ4v) is 1.73. The second kappa shape index (κ2) is 3.27. The number of aromatic nitrogens is 1. The van der Waals surface area contributed by atoms with Gasteiger partial charge in [-0.05, 0) is 15.9 Å². The Labute approximate surface area is 71.4 Å². The van der Waals surface area contributed by atoms with E-state index < -0.39 is 6.10 Å². The van der Waals surface area contributed by atoms with E-state index in [-0.39, 0.29) is 0 Å². The van der Waals surface area contributed by atoms with Gasteiger partial charge in [0.2, 0.25) is 0 Å². The number of aliphatic hydroxyl groups excluding tert-OH is 1. The fraction of sp³-hybridized carbons (Fsp3) is 0.167. The molecule has 10 heavy (non-hydrogen) atoms. The van der Waals surface area contributed by atoms with Gasteiger partial charge in [-0.3, -0.25) is 0 Å². The number of hydrogen-bond acceptors (Lipinski definition) is 3. The van der Waals surface area contributed by atoms with Crippen LogP contribution in [0.5, 0.6) is 0 Å². The predicted molar refractivity (Wildman–Crippen MR) is 45.0 cm³/mol. The molecule has 1 unspecified atom stereocenters. The zero-order valence-corrected chi connectivity index (χ0v) is 7.52. The molecule has 0 radical (unpaired) electrons. The van der Waals surface area contributed by atoms with Crippen LogP contribution in [0.2, 0.25) is 0 Å². The second-order valence-electron chi connectivity index (χ2n) is 1.68. The molecule has 1 aromatic heterocycles. The molecule has 0 amide bonds. The minimum absolute atomic E-state index is 0.628. The number of aliphatic hydroxyl groups is 1. The monoisotopic (exact) mass is 219 g/mol. The van der Waals surface area contributed by atoms with Gasteiger partial charge in [-0.2, -0.15) is 0 Å². The molecule has 0 saturated carbocycles. The quantitative estimate of drug-likeness (QED) is 0.774. The normalized spacial score (nSPS) is 13.0. The predicted octanol–water partition coefficient (Wildman–Crippen LogP) is 2.12. The molecule has 0 bridgehead atoms. The molecule has 1 rings (SSSR count). The standard InChI is InChI=1S/C6H6BrNOS/c1-2-4(9)6-8-3-5(7)10-6/h2-4,9H,1H2. The Morgan fingerprint density at radius 2 is 2.60 bits per heavy atom. The molecular weight excluding hydrogens is 214 g/mol. The van der Waals surface area contributed by atoms with Crippen molar-refractivity contribution in [1.82, 2.24) is 4.98 Å². The zero-order valence-electron chi connectivity index (χ0n) is 5.12. The first-order valence-corrected chi connectivity index (χ1v) is 4.27. The highest BCUT2D eigenvalue weighted by Gasteiger charge is 2.06. The van der Waals surface area contributed by atoms with Gasteiger partial charge >= 0.3 is 0 Å². The number of rotatable bonds is 2. The molecule has 2 nitrogen and oxygen atoms in total. The average Bonchev–Trinajstić information content (AvgIpc) is 2.34. The Morgan fingerprint density at radius 1 is 1.90 bits per heavy atom. The summed E-state index contributed by atoms with van der Waals surface area (Å²) in [6, 6.07) is 0. The molecule has 0 aliphatic carbocycles. The van der Waals surface area contributed by atoms with Crippen LogP contribution in [0.15, 0.2) is 22.6 Å². The van der Waals surface area contributed by atoms with E-state index in [0.29, 0.717) is 5.01 Å². The van der Waals surface area contributed by atoms with Crippen LogP contribution in [0.25, 0.3) is 0 Å². The summed E-state index contributed by atoms with van der Waals surface area (Å²) in [7, 11) is 0. The summed E-state index contributed by atoms with van der Waals surface area (Å²) in [6.45, 7) is 3.45. The summed E-state index contributed by atoms with van der Waals surface area (Å²) in [4.78, 5) is 3.94. The van der Waals surface area contributed by atoms with Crippen molar-refractivity contribution < 1.29 is 5.11 Å². The van der Waals surface area contributed by atoms with Crippen molar-refractivity contribution in [2.75, 3.05) is 0 Å². The highest BCUT2D eigenvalue weighted by molar-refractivity contribution is 9.11. The molecule has 0 aliphatic heterocycles. The van der Waals surface area contributed by atoms with Gasteiger partial charge in [-0.1, -0.05) is 6.08 Å². The van der Waals surface area contributed by atoms with Crippen LogP contribution in [0, 0.1) is 0 Å². The Morgan fingerprint density at radius 3 is 3.00 bits per heavy atom. The average molecular weight is 220 g/mol. The van der Waals surface area contributed by atoms with Crippen molar-refractivity contribution in [3.63, 3.8) is 0 Å². The van der Waals surface area contributed by atoms with E-state index in [9.17, 15) is 0 Å². The second-order valence-corrected chi connectivity index (χ2v) is 4.12. The summed E-state index contributed by atoms with van der Waals surface area (Å²) in [5.74, 6) is 0. The topological polar surface area (TPSA) is 33.1 Å². The minimum Gasteiger partial charge on any atom is -0.382 e. The smallest absolute Gasteiger partial charge is 0.126 e. The van der Waals surface area contributed by atoms with Gasteiger partial charge in [0, 0.05) is 0 Å². The first-order valence-electron chi connectivity index (χ1n) is 2.66. The summed E-state index contributed by atoms with van der Waals surface area (Å²) in [5.41, 5.74) is 0. The molecule has 54 valence electrons. The molecule has 1 N–H and O–H groups in total. The van der Waals surface area contributed by atoms with Crippen molar-refractivity contribution in [2.45, 2.75) is 6.10 Å². The number of thiazole rings is 1. The Bertz CT molecular complexity index is 235. The van der Waals surface area contributed by atoms with E-state index in [1.165, 1.54) is 17.4 Å². The maximum absolute atomic E-state index is 9.15. The molecule has 4 heteroatoms. The molecule has 0 saturated heterocycles. The highest BCUT2D eigenvalue weighted by Crippen LogP contribution is 2.24. The lowest BCUT2D eigenvalue weighted by atomic mass is 10.4. The SMILES string of the molecule is C=CC(O)c1ncc(Br)s1. The van der Waals surface area contributed by atoms with Crippen molar-refractivity contribution in [2.24, 2.45) is 0 Å². The lowest BCUT2D eigenvalue weighted by Crippen LogP contribution is -1.89. The van der Waals surface area contributed by atoms with Crippen LogP contribution in [0.3, 0.4) is 0 Å². The van der Waals surface area contributed by atoms with Gasteiger partial charge in [0.1, 0.15) is 11.1 Å². The molecule has 1 heterocycles. The van der Waals surface area contributed by atoms with E-state index >= 15 is 0 Å². The number of nitrogens with zero attached hydrogens (tertiary/aromatic N) is 1. The molecular formula is C6H6BrNOS. The van der Waals surface area contributed by atoms with Crippen molar-refractivity contribution in [1.29, 1.82) is 0 Å². The summed E-state index contributed by atoms with van der Waals surface area (Å²) < 4.78 is 0.920. The number of hydrogen-bond donors (Lipinski definition) is 1. The van der Waals surface area contributed by atoms with Gasteiger partial charge in [-0.15, -0.1) is 17.9 Å². The first-order chi connectivity index (χ1) is 4.74. The van der Waals surface area contributed by atoms with E-state index in [4.69, 9.17) is 5.11 Å². The summed E-state index contributed by atoms with van der Waals surface area (Å²) in [5, 5.41) is 9.82. The molecule has 1 atom stereocenters. The third-order valence-corrected chi connectivity index (χ3v) is 2.52. The van der Waals surface area contributed by atoms with Crippen LogP contribution >= 0.6 is 27.3 Å². The fourth-order valence-electron chi connectivity index (χ4n) is 0.505. The third-order valence-electron chi connectivity index (χ3n) is 0.972. The van der Waals surface area contributed by atoms with Gasteiger partial charge in [0.25, 0.3) is 0 Å². The van der Waals surface area contributed by atoms with Crippen LogP contribution in [-0.2, 0) is 0 Å². The maximum Gasteiger partial charge on any atom is 0.126 e. The first kappa shape index (κ1) is 7.91. The lowest BCUT2D eigenvalue weighted by molar-refractivity contribution is 0.228. The Balaban J connectivity index is 2.84. The van der Waals surface area contributed by atoms with Crippen molar-refractivity contribution >= 4 is 27.3 Å². The maximum atomic E-state index is 9.15. The van der Waals surface area contributed by atoms with Crippen molar-refractivity contribution in [3.8, 4) is 0 Å². The highest BCUT2D eigenvalue weighted by atomic mass is 79.9. The van der Waals surface area contributed by atoms with Crippen LogP contribution in [-0.4, -0.2) is 10.1 Å². The molecule has 0 aromatic carbocycles. The van der Waals surface area contributed by atoms with E-state index in [0.717, 1.165) is 3.79 Å². The van der Waals surface area contributed by atoms with E-state index in [1.54, 1.807) is 6.20 Å². The van der Waals surface area contributed by atoms with Gasteiger partial charge in [0.05, 0.1) is 9.98 Å². The summed E-state index contributed by atoms with van der Waals surface area (Å²) in [6.07, 6.45) is 2.48. The number of halogens is 1. The largest absolute Gasteiger partial charge is 0.382 e. The van der Waals surface area contributed by atoms with Crippen LogP contribution in [0.1, 0.15) is 11.1 Å². The van der Waals surface area contributed by atoms with E-state index in [1.807, 2.05) is 0 Å². The lowest BCUT2D eigenvalue weighted by Gasteiger charge is -1.96. The minimum atomic E-state index is -0.628. The van der Waals surface area contributed by atoms with E-state index in [2.05, 4.69) is 27.5 Å². The molecule has 1 aromatic rings. The Kier molecular flexibility index (Phi) is 2.59.